The maximum absolute atomic E-state index is 12.0. The van der Waals surface area contributed by atoms with Crippen LogP contribution in [0.1, 0.15) is 28.2 Å². The first-order chi connectivity index (χ1) is 10.1. The predicted octanol–water partition coefficient (Wildman–Crippen LogP) is 2.57. The van der Waals surface area contributed by atoms with Crippen molar-refractivity contribution in [1.82, 2.24) is 5.32 Å². The Hall–Kier alpha value is -2.34. The van der Waals surface area contributed by atoms with E-state index in [4.69, 9.17) is 4.74 Å². The molecule has 1 aromatic heterocycles. The van der Waals surface area contributed by atoms with Gasteiger partial charge >= 0.3 is 0 Å². The lowest BCUT2D eigenvalue weighted by molar-refractivity contribution is -0.118. The summed E-state index contributed by atoms with van der Waals surface area (Å²) in [6.45, 7) is 1.94. The zero-order valence-corrected chi connectivity index (χ0v) is 12.2. The maximum atomic E-state index is 12.0. The van der Waals surface area contributed by atoms with Gasteiger partial charge in [-0.15, -0.1) is 11.3 Å². The Bertz CT molecular complexity index is 682. The van der Waals surface area contributed by atoms with Crippen molar-refractivity contribution >= 4 is 28.8 Å². The van der Waals surface area contributed by atoms with Crippen molar-refractivity contribution < 1.29 is 14.3 Å². The quantitative estimate of drug-likeness (QED) is 0.915. The Kier molecular flexibility index (Phi) is 3.62. The van der Waals surface area contributed by atoms with Crippen LogP contribution in [0.5, 0.6) is 5.75 Å². The van der Waals surface area contributed by atoms with Crippen molar-refractivity contribution in [3.63, 3.8) is 0 Å². The zero-order valence-electron chi connectivity index (χ0n) is 11.4. The van der Waals surface area contributed by atoms with Gasteiger partial charge in [-0.2, -0.15) is 0 Å². The van der Waals surface area contributed by atoms with E-state index in [1.807, 2.05) is 30.5 Å². The van der Waals surface area contributed by atoms with Crippen molar-refractivity contribution in [2.24, 2.45) is 0 Å². The van der Waals surface area contributed by atoms with Crippen molar-refractivity contribution in [2.75, 3.05) is 11.9 Å². The lowest BCUT2D eigenvalue weighted by Gasteiger charge is -2.20. The van der Waals surface area contributed by atoms with Crippen LogP contribution in [0.2, 0.25) is 0 Å². The smallest absolute Gasteiger partial charge is 0.262 e. The highest BCUT2D eigenvalue weighted by Gasteiger charge is 2.18. The summed E-state index contributed by atoms with van der Waals surface area (Å²) in [4.78, 5) is 24.0. The fraction of sp³-hybridized carbons (Fsp3) is 0.200. The summed E-state index contributed by atoms with van der Waals surface area (Å²) in [7, 11) is 0. The normalized spacial score (nSPS) is 14.6. The minimum absolute atomic E-state index is 0.0387. The highest BCUT2D eigenvalue weighted by molar-refractivity contribution is 7.12. The minimum Gasteiger partial charge on any atom is -0.482 e. The molecule has 6 heteroatoms. The molecule has 1 aromatic carbocycles. The first-order valence-corrected chi connectivity index (χ1v) is 7.42. The third kappa shape index (κ3) is 2.90. The van der Waals surface area contributed by atoms with E-state index < -0.39 is 0 Å². The monoisotopic (exact) mass is 302 g/mol. The summed E-state index contributed by atoms with van der Waals surface area (Å²) in [6, 6.07) is 8.98. The highest BCUT2D eigenvalue weighted by atomic mass is 32.1. The fourth-order valence-electron chi connectivity index (χ4n) is 2.13. The number of fused-ring (bicyclic) bond motifs is 1. The molecule has 0 bridgehead atoms. The highest BCUT2D eigenvalue weighted by Crippen LogP contribution is 2.30. The second-order valence-corrected chi connectivity index (χ2v) is 5.71. The molecule has 0 spiro atoms. The molecular formula is C15H14N2O3S. The Morgan fingerprint density at radius 2 is 2.29 bits per heavy atom. The molecule has 0 aliphatic carbocycles. The third-order valence-corrected chi connectivity index (χ3v) is 4.10. The average Bonchev–Trinajstić information content (AvgIpc) is 3.00. The maximum Gasteiger partial charge on any atom is 0.262 e. The molecule has 21 heavy (non-hydrogen) atoms. The summed E-state index contributed by atoms with van der Waals surface area (Å²) in [5.74, 6) is 0.376. The van der Waals surface area contributed by atoms with E-state index in [1.165, 1.54) is 11.3 Å². The van der Waals surface area contributed by atoms with E-state index in [0.717, 1.165) is 5.56 Å². The van der Waals surface area contributed by atoms with Crippen molar-refractivity contribution in [2.45, 2.75) is 13.0 Å². The van der Waals surface area contributed by atoms with Crippen LogP contribution in [0, 0.1) is 0 Å². The number of amides is 2. The molecule has 3 rings (SSSR count). The average molecular weight is 302 g/mol. The topological polar surface area (TPSA) is 67.4 Å². The molecule has 0 saturated heterocycles. The van der Waals surface area contributed by atoms with Gasteiger partial charge in [0.05, 0.1) is 16.6 Å². The van der Waals surface area contributed by atoms with Crippen LogP contribution in [0.3, 0.4) is 0 Å². The number of hydrogen-bond acceptors (Lipinski definition) is 4. The van der Waals surface area contributed by atoms with Gasteiger partial charge in [-0.1, -0.05) is 12.1 Å². The second-order valence-electron chi connectivity index (χ2n) is 4.76. The van der Waals surface area contributed by atoms with E-state index in [2.05, 4.69) is 10.6 Å². The van der Waals surface area contributed by atoms with Gasteiger partial charge in [0.2, 0.25) is 0 Å². The number of nitrogens with one attached hydrogen (secondary N) is 2. The molecule has 2 aromatic rings. The van der Waals surface area contributed by atoms with Gasteiger partial charge in [-0.25, -0.2) is 0 Å². The first kappa shape index (κ1) is 13.6. The third-order valence-electron chi connectivity index (χ3n) is 3.23. The first-order valence-electron chi connectivity index (χ1n) is 6.54. The summed E-state index contributed by atoms with van der Waals surface area (Å²) in [6.07, 6.45) is 0. The van der Waals surface area contributed by atoms with Gasteiger partial charge in [0.15, 0.2) is 6.61 Å². The molecule has 108 valence electrons. The Morgan fingerprint density at radius 3 is 3.05 bits per heavy atom. The number of thiophene rings is 1. The molecule has 1 atom stereocenters. The van der Waals surface area contributed by atoms with Crippen molar-refractivity contribution in [1.29, 1.82) is 0 Å². The van der Waals surface area contributed by atoms with Gasteiger partial charge < -0.3 is 15.4 Å². The Labute approximate surface area is 125 Å². The Balaban J connectivity index is 1.76. The molecule has 1 aliphatic heterocycles. The van der Waals surface area contributed by atoms with E-state index in [0.29, 0.717) is 16.3 Å². The van der Waals surface area contributed by atoms with Gasteiger partial charge in [-0.3, -0.25) is 9.59 Å². The molecular weight excluding hydrogens is 288 g/mol. The van der Waals surface area contributed by atoms with E-state index >= 15 is 0 Å². The predicted molar refractivity (Wildman–Crippen MR) is 80.8 cm³/mol. The largest absolute Gasteiger partial charge is 0.482 e. The van der Waals surface area contributed by atoms with Crippen LogP contribution in [0.25, 0.3) is 0 Å². The van der Waals surface area contributed by atoms with Gasteiger partial charge in [0, 0.05) is 0 Å². The SMILES string of the molecule is C[C@@H](NC(=O)c1cccs1)c1ccc2c(c1)NC(=O)CO2. The van der Waals surface area contributed by atoms with E-state index in [-0.39, 0.29) is 24.5 Å². The van der Waals surface area contributed by atoms with Crippen LogP contribution in [0.4, 0.5) is 5.69 Å². The number of ether oxygens (including phenoxy) is 1. The number of rotatable bonds is 3. The number of anilines is 1. The number of hydrogen-bond donors (Lipinski definition) is 2. The number of benzene rings is 1. The molecule has 0 unspecified atom stereocenters. The minimum atomic E-state index is -0.171. The Morgan fingerprint density at radius 1 is 1.43 bits per heavy atom. The molecule has 1 aliphatic rings. The van der Waals surface area contributed by atoms with Crippen LogP contribution >= 0.6 is 11.3 Å². The van der Waals surface area contributed by atoms with E-state index in [1.54, 1.807) is 12.1 Å². The summed E-state index contributed by atoms with van der Waals surface area (Å²) >= 11 is 1.40. The summed E-state index contributed by atoms with van der Waals surface area (Å²) < 4.78 is 5.31. The standard InChI is InChI=1S/C15H14N2O3S/c1-9(16-15(19)13-3-2-6-21-13)10-4-5-12-11(7-10)17-14(18)8-20-12/h2-7,9H,8H2,1H3,(H,16,19)(H,17,18)/t9-/m1/s1. The van der Waals surface area contributed by atoms with Gasteiger partial charge in [0.1, 0.15) is 5.75 Å². The van der Waals surface area contributed by atoms with Gasteiger partial charge in [0.25, 0.3) is 11.8 Å². The van der Waals surface area contributed by atoms with Crippen molar-refractivity contribution in [3.05, 3.63) is 46.2 Å². The molecule has 2 heterocycles. The number of carbonyl (C=O) groups is 2. The van der Waals surface area contributed by atoms with Crippen LogP contribution < -0.4 is 15.4 Å². The molecule has 5 nitrogen and oxygen atoms in total. The summed E-state index contributed by atoms with van der Waals surface area (Å²) in [5, 5.41) is 7.56. The number of carbonyl (C=O) groups excluding carboxylic acids is 2. The molecule has 0 fully saturated rings. The van der Waals surface area contributed by atoms with Crippen molar-refractivity contribution in [3.8, 4) is 5.75 Å². The lowest BCUT2D eigenvalue weighted by atomic mass is 10.1. The molecule has 2 N–H and O–H groups in total. The van der Waals surface area contributed by atoms with E-state index in [9.17, 15) is 9.59 Å². The van der Waals surface area contributed by atoms with Gasteiger partial charge in [-0.05, 0) is 36.1 Å². The molecule has 0 saturated carbocycles. The summed E-state index contributed by atoms with van der Waals surface area (Å²) in [5.41, 5.74) is 1.55. The van der Waals surface area contributed by atoms with Crippen LogP contribution in [-0.4, -0.2) is 18.4 Å². The fourth-order valence-corrected chi connectivity index (χ4v) is 2.76. The second kappa shape index (κ2) is 5.57. The molecule has 2 amide bonds. The zero-order chi connectivity index (χ0) is 14.8. The van der Waals surface area contributed by atoms with Crippen LogP contribution in [0.15, 0.2) is 35.7 Å². The van der Waals surface area contributed by atoms with Crippen LogP contribution in [-0.2, 0) is 4.79 Å². The molecule has 0 radical (unpaired) electrons. The lowest BCUT2D eigenvalue weighted by Crippen LogP contribution is -2.27.